The lowest BCUT2D eigenvalue weighted by Gasteiger charge is -2.05. The summed E-state index contributed by atoms with van der Waals surface area (Å²) in [5, 5.41) is 10.8. The molecule has 0 aromatic carbocycles. The molecule has 1 heterocycles. The van der Waals surface area contributed by atoms with Crippen molar-refractivity contribution in [3.8, 4) is 5.75 Å². The molecule has 1 aromatic rings. The van der Waals surface area contributed by atoms with E-state index in [1.54, 1.807) is 12.3 Å². The minimum Gasteiger partial charge on any atom is -0.482 e. The Morgan fingerprint density at radius 2 is 2.12 bits per heavy atom. The standard InChI is InChI=1S/C11H12N2O3/c14-13(15)11-10(16-9-3-4-9)5-8(6-12-11)7-1-2-7/h5-7,9H,1-4H2. The molecule has 16 heavy (non-hydrogen) atoms. The number of pyridine rings is 1. The van der Waals surface area contributed by atoms with Crippen molar-refractivity contribution in [2.24, 2.45) is 0 Å². The van der Waals surface area contributed by atoms with Crippen LogP contribution in [-0.2, 0) is 0 Å². The summed E-state index contributed by atoms with van der Waals surface area (Å²) >= 11 is 0. The molecule has 5 heteroatoms. The second-order valence-electron chi connectivity index (χ2n) is 4.44. The van der Waals surface area contributed by atoms with E-state index in [4.69, 9.17) is 4.74 Å². The Balaban J connectivity index is 1.93. The zero-order chi connectivity index (χ0) is 11.1. The highest BCUT2D eigenvalue weighted by Crippen LogP contribution is 2.42. The molecule has 0 saturated heterocycles. The Bertz CT molecular complexity index is 439. The first kappa shape index (κ1) is 9.57. The van der Waals surface area contributed by atoms with Crippen LogP contribution in [-0.4, -0.2) is 16.0 Å². The van der Waals surface area contributed by atoms with Crippen molar-refractivity contribution >= 4 is 5.82 Å². The molecule has 0 radical (unpaired) electrons. The van der Waals surface area contributed by atoms with Gasteiger partial charge in [0.1, 0.15) is 6.20 Å². The molecule has 0 N–H and O–H groups in total. The van der Waals surface area contributed by atoms with E-state index in [2.05, 4.69) is 4.98 Å². The number of rotatable bonds is 4. The molecule has 0 unspecified atom stereocenters. The van der Waals surface area contributed by atoms with Crippen molar-refractivity contribution in [1.29, 1.82) is 0 Å². The van der Waals surface area contributed by atoms with E-state index in [9.17, 15) is 10.1 Å². The molecule has 0 amide bonds. The third-order valence-corrected chi connectivity index (χ3v) is 2.89. The first-order valence-corrected chi connectivity index (χ1v) is 5.55. The molecule has 5 nitrogen and oxygen atoms in total. The number of nitrogens with zero attached hydrogens (tertiary/aromatic N) is 2. The van der Waals surface area contributed by atoms with Crippen molar-refractivity contribution in [3.63, 3.8) is 0 Å². The normalized spacial score (nSPS) is 19.5. The van der Waals surface area contributed by atoms with Crippen molar-refractivity contribution in [2.75, 3.05) is 0 Å². The number of aromatic nitrogens is 1. The molecule has 0 atom stereocenters. The van der Waals surface area contributed by atoms with Crippen LogP contribution in [0.15, 0.2) is 12.3 Å². The van der Waals surface area contributed by atoms with Crippen LogP contribution in [0.5, 0.6) is 5.75 Å². The summed E-state index contributed by atoms with van der Waals surface area (Å²) in [6.45, 7) is 0. The van der Waals surface area contributed by atoms with Gasteiger partial charge in [0.25, 0.3) is 0 Å². The van der Waals surface area contributed by atoms with Gasteiger partial charge < -0.3 is 14.9 Å². The van der Waals surface area contributed by atoms with Crippen LogP contribution in [0.3, 0.4) is 0 Å². The van der Waals surface area contributed by atoms with Gasteiger partial charge in [-0.25, -0.2) is 0 Å². The van der Waals surface area contributed by atoms with E-state index in [1.807, 2.05) is 0 Å². The fraction of sp³-hybridized carbons (Fsp3) is 0.545. The zero-order valence-corrected chi connectivity index (χ0v) is 8.76. The number of nitro groups is 1. The molecule has 2 fully saturated rings. The number of hydrogen-bond donors (Lipinski definition) is 0. The van der Waals surface area contributed by atoms with Gasteiger partial charge in [-0.15, -0.1) is 0 Å². The van der Waals surface area contributed by atoms with Crippen LogP contribution in [0.2, 0.25) is 0 Å². The lowest BCUT2D eigenvalue weighted by molar-refractivity contribution is -0.390. The second kappa shape index (κ2) is 3.43. The molecular formula is C11H12N2O3. The molecule has 1 aromatic heterocycles. The highest BCUT2D eigenvalue weighted by Gasteiger charge is 2.31. The summed E-state index contributed by atoms with van der Waals surface area (Å²) in [6, 6.07) is 1.79. The van der Waals surface area contributed by atoms with Crippen LogP contribution in [0.1, 0.15) is 37.2 Å². The maximum Gasteiger partial charge on any atom is 0.406 e. The summed E-state index contributed by atoms with van der Waals surface area (Å²) in [5.74, 6) is 0.725. The smallest absolute Gasteiger partial charge is 0.406 e. The van der Waals surface area contributed by atoms with Gasteiger partial charge in [0, 0.05) is 5.56 Å². The monoisotopic (exact) mass is 220 g/mol. The molecular weight excluding hydrogens is 208 g/mol. The predicted octanol–water partition coefficient (Wildman–Crippen LogP) is 2.41. The molecule has 3 rings (SSSR count). The van der Waals surface area contributed by atoms with Crippen molar-refractivity contribution < 1.29 is 9.66 Å². The predicted molar refractivity (Wildman–Crippen MR) is 56.5 cm³/mol. The second-order valence-corrected chi connectivity index (χ2v) is 4.44. The van der Waals surface area contributed by atoms with Crippen molar-refractivity contribution in [1.82, 2.24) is 4.98 Å². The fourth-order valence-corrected chi connectivity index (χ4v) is 1.68. The maximum atomic E-state index is 10.8. The van der Waals surface area contributed by atoms with Crippen LogP contribution in [0.25, 0.3) is 0 Å². The largest absolute Gasteiger partial charge is 0.482 e. The van der Waals surface area contributed by atoms with E-state index in [0.717, 1.165) is 31.2 Å². The Hall–Kier alpha value is -1.65. The maximum absolute atomic E-state index is 10.8. The van der Waals surface area contributed by atoms with Gasteiger partial charge in [-0.2, -0.15) is 0 Å². The third-order valence-electron chi connectivity index (χ3n) is 2.89. The SMILES string of the molecule is O=[N+]([O-])c1ncc(C2CC2)cc1OC1CC1. The zero-order valence-electron chi connectivity index (χ0n) is 8.76. The Morgan fingerprint density at radius 3 is 2.69 bits per heavy atom. The van der Waals surface area contributed by atoms with Gasteiger partial charge in [0.2, 0.25) is 5.75 Å². The van der Waals surface area contributed by atoms with Gasteiger partial charge >= 0.3 is 5.82 Å². The summed E-state index contributed by atoms with van der Waals surface area (Å²) in [6.07, 6.45) is 6.06. The number of ether oxygens (including phenoxy) is 1. The summed E-state index contributed by atoms with van der Waals surface area (Å²) in [5.41, 5.74) is 1.07. The fourth-order valence-electron chi connectivity index (χ4n) is 1.68. The topological polar surface area (TPSA) is 65.3 Å². The lowest BCUT2D eigenvalue weighted by Crippen LogP contribution is -2.02. The van der Waals surface area contributed by atoms with Crippen LogP contribution < -0.4 is 4.74 Å². The highest BCUT2D eigenvalue weighted by molar-refractivity contribution is 5.43. The molecule has 84 valence electrons. The summed E-state index contributed by atoms with van der Waals surface area (Å²) < 4.78 is 5.53. The summed E-state index contributed by atoms with van der Waals surface area (Å²) in [7, 11) is 0. The van der Waals surface area contributed by atoms with Crippen LogP contribution in [0, 0.1) is 10.1 Å². The average molecular weight is 220 g/mol. The Kier molecular flexibility index (Phi) is 2.05. The summed E-state index contributed by atoms with van der Waals surface area (Å²) in [4.78, 5) is 14.2. The van der Waals surface area contributed by atoms with E-state index >= 15 is 0 Å². The van der Waals surface area contributed by atoms with E-state index in [0.29, 0.717) is 11.7 Å². The Labute approximate surface area is 92.6 Å². The first-order valence-electron chi connectivity index (χ1n) is 5.55. The van der Waals surface area contributed by atoms with E-state index < -0.39 is 4.92 Å². The van der Waals surface area contributed by atoms with Gasteiger partial charge in [0.05, 0.1) is 6.10 Å². The third kappa shape index (κ3) is 1.85. The molecule has 2 aliphatic rings. The van der Waals surface area contributed by atoms with Crippen molar-refractivity contribution in [2.45, 2.75) is 37.7 Å². The number of hydrogen-bond acceptors (Lipinski definition) is 4. The van der Waals surface area contributed by atoms with Gasteiger partial charge in [-0.3, -0.25) is 0 Å². The minimum atomic E-state index is -0.478. The first-order chi connectivity index (χ1) is 7.74. The Morgan fingerprint density at radius 1 is 1.38 bits per heavy atom. The van der Waals surface area contributed by atoms with Gasteiger partial charge in [0.15, 0.2) is 0 Å². The molecule has 0 bridgehead atoms. The lowest BCUT2D eigenvalue weighted by atomic mass is 10.2. The molecule has 0 spiro atoms. The quantitative estimate of drug-likeness (QED) is 0.577. The van der Waals surface area contributed by atoms with Crippen LogP contribution in [0.4, 0.5) is 5.82 Å². The minimum absolute atomic E-state index is 0.156. The molecule has 2 aliphatic carbocycles. The van der Waals surface area contributed by atoms with Crippen molar-refractivity contribution in [3.05, 3.63) is 27.9 Å². The average Bonchev–Trinajstić information content (AvgIpc) is 3.12. The van der Waals surface area contributed by atoms with E-state index in [1.165, 1.54) is 0 Å². The van der Waals surface area contributed by atoms with Gasteiger partial charge in [-0.1, -0.05) is 0 Å². The van der Waals surface area contributed by atoms with E-state index in [-0.39, 0.29) is 11.9 Å². The van der Waals surface area contributed by atoms with Gasteiger partial charge in [-0.05, 0) is 47.6 Å². The van der Waals surface area contributed by atoms with Crippen LogP contribution >= 0.6 is 0 Å². The highest BCUT2D eigenvalue weighted by atomic mass is 16.6. The molecule has 2 saturated carbocycles. The molecule has 0 aliphatic heterocycles.